The molecule has 4 atom stereocenters. The largest absolute Gasteiger partial charge is 0.497 e. The second-order valence-electron chi connectivity index (χ2n) is 5.55. The van der Waals surface area contributed by atoms with Crippen LogP contribution in [0.4, 0.5) is 0 Å². The zero-order valence-electron chi connectivity index (χ0n) is 12.5. The summed E-state index contributed by atoms with van der Waals surface area (Å²) in [5.74, 6) is 0.0964. The van der Waals surface area contributed by atoms with Gasteiger partial charge in [0.1, 0.15) is 11.9 Å². The van der Waals surface area contributed by atoms with Gasteiger partial charge in [-0.15, -0.1) is 0 Å². The van der Waals surface area contributed by atoms with Gasteiger partial charge in [0, 0.05) is 12.0 Å². The molecule has 0 radical (unpaired) electrons. The highest BCUT2D eigenvalue weighted by Crippen LogP contribution is 2.36. The molecule has 23 heavy (non-hydrogen) atoms. The van der Waals surface area contributed by atoms with Gasteiger partial charge in [0.2, 0.25) is 5.76 Å². The molecule has 122 valence electrons. The molecular weight excluding hydrogens is 300 g/mol. The van der Waals surface area contributed by atoms with E-state index in [9.17, 15) is 15.0 Å². The van der Waals surface area contributed by atoms with E-state index in [1.165, 1.54) is 12.3 Å². The standard InChI is InChI=1S/C16H18N2O5/c1-22-10-4-2-9(3-5-10)11-8-12(19)15(20)14(11)18-16(21)13-6-7-17-23-13/h2-7,11-12,14-15,19-20H,8H2,1H3,(H,18,21)/t11-,12-,14-,15-/m1/s1. The first-order chi connectivity index (χ1) is 11.1. The number of carbonyl (C=O) groups is 1. The van der Waals surface area contributed by atoms with Gasteiger partial charge >= 0.3 is 0 Å². The predicted octanol–water partition coefficient (Wildman–Crippen LogP) is 0.691. The summed E-state index contributed by atoms with van der Waals surface area (Å²) >= 11 is 0. The van der Waals surface area contributed by atoms with Crippen LogP contribution in [0.15, 0.2) is 41.1 Å². The van der Waals surface area contributed by atoms with Crippen LogP contribution >= 0.6 is 0 Å². The van der Waals surface area contributed by atoms with Crippen LogP contribution in [-0.2, 0) is 0 Å². The molecule has 1 aromatic heterocycles. The molecule has 0 bridgehead atoms. The first kappa shape index (κ1) is 15.5. The number of nitrogens with one attached hydrogen (secondary N) is 1. The van der Waals surface area contributed by atoms with Gasteiger partial charge in [-0.2, -0.15) is 0 Å². The summed E-state index contributed by atoms with van der Waals surface area (Å²) in [6, 6.07) is 8.17. The fourth-order valence-electron chi connectivity index (χ4n) is 2.96. The van der Waals surface area contributed by atoms with E-state index in [2.05, 4.69) is 10.5 Å². The molecule has 0 spiro atoms. The summed E-state index contributed by atoms with van der Waals surface area (Å²) in [6.07, 6.45) is -0.221. The summed E-state index contributed by atoms with van der Waals surface area (Å²) < 4.78 is 9.94. The van der Waals surface area contributed by atoms with Crippen molar-refractivity contribution >= 4 is 5.91 Å². The summed E-state index contributed by atoms with van der Waals surface area (Å²) in [5, 5.41) is 26.4. The van der Waals surface area contributed by atoms with Crippen LogP contribution in [0.5, 0.6) is 5.75 Å². The molecule has 3 N–H and O–H groups in total. The van der Waals surface area contributed by atoms with Crippen molar-refractivity contribution in [2.45, 2.75) is 30.6 Å². The Morgan fingerprint density at radius 2 is 2.04 bits per heavy atom. The molecule has 1 aliphatic rings. The second kappa shape index (κ2) is 6.39. The minimum Gasteiger partial charge on any atom is -0.497 e. The maximum absolute atomic E-state index is 12.1. The zero-order valence-corrected chi connectivity index (χ0v) is 12.5. The lowest BCUT2D eigenvalue weighted by Gasteiger charge is -2.23. The van der Waals surface area contributed by atoms with Crippen molar-refractivity contribution < 1.29 is 24.3 Å². The van der Waals surface area contributed by atoms with Crippen molar-refractivity contribution in [2.75, 3.05) is 7.11 Å². The van der Waals surface area contributed by atoms with Gasteiger partial charge in [-0.05, 0) is 24.1 Å². The third-order valence-corrected chi connectivity index (χ3v) is 4.19. The van der Waals surface area contributed by atoms with Crippen molar-refractivity contribution in [1.82, 2.24) is 10.5 Å². The summed E-state index contributed by atoms with van der Waals surface area (Å²) in [7, 11) is 1.58. The van der Waals surface area contributed by atoms with E-state index in [4.69, 9.17) is 9.26 Å². The van der Waals surface area contributed by atoms with Crippen LogP contribution in [0.2, 0.25) is 0 Å². The molecule has 7 nitrogen and oxygen atoms in total. The lowest BCUT2D eigenvalue weighted by atomic mass is 9.93. The lowest BCUT2D eigenvalue weighted by molar-refractivity contribution is 0.0290. The number of benzene rings is 1. The van der Waals surface area contributed by atoms with E-state index in [1.807, 2.05) is 24.3 Å². The quantitative estimate of drug-likeness (QED) is 0.766. The molecule has 3 rings (SSSR count). The van der Waals surface area contributed by atoms with Gasteiger partial charge in [0.15, 0.2) is 0 Å². The number of rotatable bonds is 4. The van der Waals surface area contributed by atoms with E-state index in [0.29, 0.717) is 6.42 Å². The number of ether oxygens (including phenoxy) is 1. The van der Waals surface area contributed by atoms with Crippen molar-refractivity contribution in [1.29, 1.82) is 0 Å². The molecule has 1 amide bonds. The third-order valence-electron chi connectivity index (χ3n) is 4.19. The Morgan fingerprint density at radius 3 is 2.65 bits per heavy atom. The van der Waals surface area contributed by atoms with Gasteiger partial charge in [-0.3, -0.25) is 4.79 Å². The molecule has 1 heterocycles. The van der Waals surface area contributed by atoms with E-state index < -0.39 is 24.2 Å². The SMILES string of the molecule is COc1ccc([C@H]2C[C@@H](O)[C@@H](O)[C@@H]2NC(=O)c2ccno2)cc1. The Balaban J connectivity index is 1.81. The Bertz CT molecular complexity index is 656. The molecule has 7 heteroatoms. The van der Waals surface area contributed by atoms with Gasteiger partial charge in [0.25, 0.3) is 5.91 Å². The number of aliphatic hydroxyl groups is 2. The fraction of sp³-hybridized carbons (Fsp3) is 0.375. The zero-order chi connectivity index (χ0) is 16.4. The topological polar surface area (TPSA) is 105 Å². The summed E-state index contributed by atoms with van der Waals surface area (Å²) in [5.41, 5.74) is 0.907. The highest BCUT2D eigenvalue weighted by atomic mass is 16.5. The number of methoxy groups -OCH3 is 1. The van der Waals surface area contributed by atoms with Gasteiger partial charge < -0.3 is 24.8 Å². The van der Waals surface area contributed by atoms with E-state index in [1.54, 1.807) is 7.11 Å². The maximum Gasteiger partial charge on any atom is 0.290 e. The summed E-state index contributed by atoms with van der Waals surface area (Å²) in [4.78, 5) is 12.1. The lowest BCUT2D eigenvalue weighted by Crippen LogP contribution is -2.45. The number of hydrogen-bond donors (Lipinski definition) is 3. The number of nitrogens with zero attached hydrogens (tertiary/aromatic N) is 1. The van der Waals surface area contributed by atoms with Crippen LogP contribution in [0, 0.1) is 0 Å². The minimum absolute atomic E-state index is 0.0621. The van der Waals surface area contributed by atoms with Crippen LogP contribution in [0.1, 0.15) is 28.5 Å². The second-order valence-corrected chi connectivity index (χ2v) is 5.55. The number of carbonyl (C=O) groups excluding carboxylic acids is 1. The van der Waals surface area contributed by atoms with Crippen molar-refractivity contribution in [2.24, 2.45) is 0 Å². The monoisotopic (exact) mass is 318 g/mol. The molecule has 1 aliphatic carbocycles. The van der Waals surface area contributed by atoms with Crippen LogP contribution in [0.25, 0.3) is 0 Å². The van der Waals surface area contributed by atoms with E-state index >= 15 is 0 Å². The Morgan fingerprint density at radius 1 is 1.30 bits per heavy atom. The van der Waals surface area contributed by atoms with Gasteiger partial charge in [-0.25, -0.2) is 0 Å². The summed E-state index contributed by atoms with van der Waals surface area (Å²) in [6.45, 7) is 0. The number of aromatic nitrogens is 1. The Kier molecular flexibility index (Phi) is 4.31. The molecule has 0 saturated heterocycles. The smallest absolute Gasteiger partial charge is 0.290 e. The van der Waals surface area contributed by atoms with E-state index in [-0.39, 0.29) is 11.7 Å². The highest BCUT2D eigenvalue weighted by Gasteiger charge is 2.43. The number of hydrogen-bond acceptors (Lipinski definition) is 6. The molecule has 0 aliphatic heterocycles. The number of amides is 1. The molecule has 1 aromatic carbocycles. The van der Waals surface area contributed by atoms with Crippen LogP contribution < -0.4 is 10.1 Å². The Hall–Kier alpha value is -2.38. The minimum atomic E-state index is -1.05. The van der Waals surface area contributed by atoms with Crippen LogP contribution in [-0.4, -0.2) is 46.6 Å². The average molecular weight is 318 g/mol. The van der Waals surface area contributed by atoms with Gasteiger partial charge in [0.05, 0.1) is 25.5 Å². The average Bonchev–Trinajstić information content (AvgIpc) is 3.19. The molecule has 1 fully saturated rings. The molecule has 1 saturated carbocycles. The highest BCUT2D eigenvalue weighted by molar-refractivity contribution is 5.91. The maximum atomic E-state index is 12.1. The number of aliphatic hydroxyl groups excluding tert-OH is 2. The van der Waals surface area contributed by atoms with Crippen molar-refractivity contribution in [3.8, 4) is 5.75 Å². The van der Waals surface area contributed by atoms with Gasteiger partial charge in [-0.1, -0.05) is 17.3 Å². The normalized spacial score (nSPS) is 26.9. The van der Waals surface area contributed by atoms with Crippen molar-refractivity contribution in [3.63, 3.8) is 0 Å². The molecule has 2 aromatic rings. The third kappa shape index (κ3) is 3.06. The molecular formula is C16H18N2O5. The van der Waals surface area contributed by atoms with Crippen molar-refractivity contribution in [3.05, 3.63) is 47.9 Å². The predicted molar refractivity (Wildman–Crippen MR) is 80.1 cm³/mol. The fourth-order valence-corrected chi connectivity index (χ4v) is 2.96. The van der Waals surface area contributed by atoms with Crippen LogP contribution in [0.3, 0.4) is 0 Å². The first-order valence-corrected chi connectivity index (χ1v) is 7.32. The van der Waals surface area contributed by atoms with E-state index in [0.717, 1.165) is 11.3 Å². The molecule has 0 unspecified atom stereocenters. The first-order valence-electron chi connectivity index (χ1n) is 7.32. The Labute approximate surface area is 132 Å².